The van der Waals surface area contributed by atoms with Crippen LogP contribution in [0.2, 0.25) is 0 Å². The second-order valence-electron chi connectivity index (χ2n) is 8.26. The van der Waals surface area contributed by atoms with Crippen LogP contribution in [-0.2, 0) is 32.5 Å². The predicted molar refractivity (Wildman–Crippen MR) is 133 cm³/mol. The molecule has 0 spiro atoms. The molecule has 0 bridgehead atoms. The minimum Gasteiger partial charge on any atom is -0.326 e. The fraction of sp³-hybridized carbons (Fsp3) is 0.231. The van der Waals surface area contributed by atoms with E-state index in [0.717, 1.165) is 29.7 Å². The van der Waals surface area contributed by atoms with E-state index in [1.165, 1.54) is 11.2 Å². The van der Waals surface area contributed by atoms with E-state index < -0.39 is 10.0 Å². The van der Waals surface area contributed by atoms with Crippen LogP contribution in [0.15, 0.2) is 77.7 Å². The van der Waals surface area contributed by atoms with Gasteiger partial charge in [-0.3, -0.25) is 13.9 Å². The smallest absolute Gasteiger partial charge is 0.264 e. The van der Waals surface area contributed by atoms with Crippen LogP contribution >= 0.6 is 0 Å². The molecule has 0 radical (unpaired) electrons. The maximum Gasteiger partial charge on any atom is 0.264 e. The van der Waals surface area contributed by atoms with Crippen LogP contribution in [0.25, 0.3) is 0 Å². The highest BCUT2D eigenvalue weighted by atomic mass is 32.2. The van der Waals surface area contributed by atoms with E-state index in [2.05, 4.69) is 10.6 Å². The normalized spacial score (nSPS) is 13.1. The Bertz CT molecular complexity index is 1290. The number of rotatable bonds is 7. The molecule has 0 saturated carbocycles. The molecule has 4 rings (SSSR count). The van der Waals surface area contributed by atoms with E-state index in [-0.39, 0.29) is 23.1 Å². The first-order chi connectivity index (χ1) is 16.3. The molecule has 1 aliphatic rings. The molecule has 3 aromatic carbocycles. The number of carbonyl (C=O) groups is 2. The molecule has 0 atom stereocenters. The van der Waals surface area contributed by atoms with Gasteiger partial charge in [0.25, 0.3) is 10.0 Å². The molecule has 34 heavy (non-hydrogen) atoms. The van der Waals surface area contributed by atoms with Crippen molar-refractivity contribution in [3.05, 3.63) is 83.9 Å². The van der Waals surface area contributed by atoms with Gasteiger partial charge in [-0.1, -0.05) is 30.3 Å². The van der Waals surface area contributed by atoms with Gasteiger partial charge in [-0.2, -0.15) is 0 Å². The number of nitrogens with zero attached hydrogens (tertiary/aromatic N) is 1. The second-order valence-corrected chi connectivity index (χ2v) is 10.1. The molecule has 0 aliphatic carbocycles. The zero-order valence-electron chi connectivity index (χ0n) is 19.0. The Balaban J connectivity index is 1.36. The van der Waals surface area contributed by atoms with Gasteiger partial charge in [0.1, 0.15) is 0 Å². The minimum atomic E-state index is -3.65. The summed E-state index contributed by atoms with van der Waals surface area (Å²) in [5.41, 5.74) is 3.98. The van der Waals surface area contributed by atoms with Gasteiger partial charge in [0.15, 0.2) is 0 Å². The lowest BCUT2D eigenvalue weighted by Crippen LogP contribution is -2.35. The van der Waals surface area contributed by atoms with Crippen LogP contribution < -0.4 is 14.9 Å². The van der Waals surface area contributed by atoms with Gasteiger partial charge in [0.05, 0.1) is 10.6 Å². The zero-order valence-corrected chi connectivity index (χ0v) is 19.8. The average Bonchev–Trinajstić information content (AvgIpc) is 2.83. The number of hydrogen-bond donors (Lipinski definition) is 2. The Hall–Kier alpha value is -3.65. The van der Waals surface area contributed by atoms with Crippen LogP contribution in [0, 0.1) is 0 Å². The van der Waals surface area contributed by atoms with Crippen molar-refractivity contribution in [3.63, 3.8) is 0 Å². The number of sulfonamides is 1. The first-order valence-corrected chi connectivity index (χ1v) is 12.6. The van der Waals surface area contributed by atoms with Gasteiger partial charge < -0.3 is 10.6 Å². The SMILES string of the molecule is CC(=O)Nc1ccc(NC(=O)CCc2ccc(S(=O)(=O)N3CCCc4ccccc43)cc2)cc1. The maximum absolute atomic E-state index is 13.3. The fourth-order valence-corrected chi connectivity index (χ4v) is 5.57. The third-order valence-corrected chi connectivity index (χ3v) is 7.54. The number of nitrogens with one attached hydrogen (secondary N) is 2. The molecule has 0 unspecified atom stereocenters. The molecule has 2 amide bonds. The molecular formula is C26H27N3O4S. The third-order valence-electron chi connectivity index (χ3n) is 5.71. The van der Waals surface area contributed by atoms with Crippen molar-refractivity contribution < 1.29 is 18.0 Å². The van der Waals surface area contributed by atoms with Gasteiger partial charge in [-0.15, -0.1) is 0 Å². The quantitative estimate of drug-likeness (QED) is 0.529. The van der Waals surface area contributed by atoms with Crippen LogP contribution in [0.1, 0.15) is 30.9 Å². The number of benzene rings is 3. The Morgan fingerprint density at radius 2 is 1.53 bits per heavy atom. The molecule has 1 heterocycles. The van der Waals surface area contributed by atoms with E-state index >= 15 is 0 Å². The number of anilines is 3. The predicted octanol–water partition coefficient (Wildman–Crippen LogP) is 4.36. The van der Waals surface area contributed by atoms with Crippen molar-refractivity contribution in [2.24, 2.45) is 0 Å². The maximum atomic E-state index is 13.3. The fourth-order valence-electron chi connectivity index (χ4n) is 4.03. The average molecular weight is 478 g/mol. The van der Waals surface area contributed by atoms with Crippen LogP contribution in [0.4, 0.5) is 17.1 Å². The summed E-state index contributed by atoms with van der Waals surface area (Å²) in [6.45, 7) is 1.90. The van der Waals surface area contributed by atoms with Gasteiger partial charge >= 0.3 is 0 Å². The van der Waals surface area contributed by atoms with Gasteiger partial charge in [-0.25, -0.2) is 8.42 Å². The lowest BCUT2D eigenvalue weighted by Gasteiger charge is -2.30. The highest BCUT2D eigenvalue weighted by Crippen LogP contribution is 2.31. The van der Waals surface area contributed by atoms with Crippen molar-refractivity contribution in [1.29, 1.82) is 0 Å². The van der Waals surface area contributed by atoms with Crippen molar-refractivity contribution in [1.82, 2.24) is 0 Å². The summed E-state index contributed by atoms with van der Waals surface area (Å²) in [6.07, 6.45) is 2.42. The number of para-hydroxylation sites is 1. The lowest BCUT2D eigenvalue weighted by molar-refractivity contribution is -0.116. The van der Waals surface area contributed by atoms with Crippen molar-refractivity contribution >= 4 is 38.9 Å². The second kappa shape index (κ2) is 10.1. The van der Waals surface area contributed by atoms with Crippen LogP contribution in [-0.4, -0.2) is 26.8 Å². The standard InChI is InChI=1S/C26H27N3O4S/c1-19(30)27-22-11-13-23(14-12-22)28-26(31)17-10-20-8-15-24(16-9-20)34(32,33)29-18-4-6-21-5-2-3-7-25(21)29/h2-3,5,7-9,11-16H,4,6,10,17-18H2,1H3,(H,27,30)(H,28,31). The summed E-state index contributed by atoms with van der Waals surface area (Å²) in [5.74, 6) is -0.301. The molecule has 0 saturated heterocycles. The summed E-state index contributed by atoms with van der Waals surface area (Å²) in [4.78, 5) is 23.6. The summed E-state index contributed by atoms with van der Waals surface area (Å²) >= 11 is 0. The summed E-state index contributed by atoms with van der Waals surface area (Å²) < 4.78 is 28.0. The van der Waals surface area contributed by atoms with Crippen molar-refractivity contribution in [3.8, 4) is 0 Å². The number of hydrogen-bond acceptors (Lipinski definition) is 4. The van der Waals surface area contributed by atoms with Crippen LogP contribution in [0.5, 0.6) is 0 Å². The molecule has 0 fully saturated rings. The lowest BCUT2D eigenvalue weighted by atomic mass is 10.0. The molecular weight excluding hydrogens is 450 g/mol. The monoisotopic (exact) mass is 477 g/mol. The number of carbonyl (C=O) groups excluding carboxylic acids is 2. The molecule has 3 aromatic rings. The largest absolute Gasteiger partial charge is 0.326 e. The minimum absolute atomic E-state index is 0.145. The number of aryl methyl sites for hydroxylation is 2. The summed E-state index contributed by atoms with van der Waals surface area (Å²) in [6, 6.07) is 21.3. The van der Waals surface area contributed by atoms with Crippen LogP contribution in [0.3, 0.4) is 0 Å². The Morgan fingerprint density at radius 1 is 0.882 bits per heavy atom. The molecule has 2 N–H and O–H groups in total. The summed E-state index contributed by atoms with van der Waals surface area (Å²) in [5, 5.41) is 5.50. The highest BCUT2D eigenvalue weighted by Gasteiger charge is 2.28. The van der Waals surface area contributed by atoms with Gasteiger partial charge in [-0.05, 0) is 72.9 Å². The third kappa shape index (κ3) is 5.46. The first-order valence-electron chi connectivity index (χ1n) is 11.2. The highest BCUT2D eigenvalue weighted by molar-refractivity contribution is 7.92. The zero-order chi connectivity index (χ0) is 24.1. The number of amides is 2. The number of fused-ring (bicyclic) bond motifs is 1. The van der Waals surface area contributed by atoms with Crippen molar-refractivity contribution in [2.75, 3.05) is 21.5 Å². The van der Waals surface area contributed by atoms with E-state index in [1.54, 1.807) is 48.5 Å². The van der Waals surface area contributed by atoms with E-state index in [0.29, 0.717) is 24.3 Å². The van der Waals surface area contributed by atoms with Gasteiger partial charge in [0, 0.05) is 31.3 Å². The molecule has 0 aromatic heterocycles. The molecule has 176 valence electrons. The van der Waals surface area contributed by atoms with Crippen molar-refractivity contribution in [2.45, 2.75) is 37.5 Å². The van der Waals surface area contributed by atoms with E-state index in [1.807, 2.05) is 24.3 Å². The molecule has 1 aliphatic heterocycles. The summed E-state index contributed by atoms with van der Waals surface area (Å²) in [7, 11) is -3.65. The van der Waals surface area contributed by atoms with Gasteiger partial charge in [0.2, 0.25) is 11.8 Å². The topological polar surface area (TPSA) is 95.6 Å². The molecule has 8 heteroatoms. The Labute approximate surface area is 199 Å². The van der Waals surface area contributed by atoms with E-state index in [9.17, 15) is 18.0 Å². The molecule has 7 nitrogen and oxygen atoms in total. The first kappa shape index (κ1) is 23.5. The Morgan fingerprint density at radius 3 is 2.21 bits per heavy atom. The Kier molecular flexibility index (Phi) is 6.98. The van der Waals surface area contributed by atoms with E-state index in [4.69, 9.17) is 0 Å².